The van der Waals surface area contributed by atoms with E-state index in [2.05, 4.69) is 0 Å². The lowest BCUT2D eigenvalue weighted by Gasteiger charge is -2.14. The molecule has 3 nitrogen and oxygen atoms in total. The maximum Gasteiger partial charge on any atom is 0.311 e. The fourth-order valence-electron chi connectivity index (χ4n) is 1.63. The zero-order valence-electron chi connectivity index (χ0n) is 9.37. The molecule has 0 bridgehead atoms. The van der Waals surface area contributed by atoms with Crippen molar-refractivity contribution in [3.05, 3.63) is 29.1 Å². The summed E-state index contributed by atoms with van der Waals surface area (Å²) >= 11 is 0. The standard InChI is InChI=1S/C11H8F5NO2/c12-4-5(13)7(15)9(8(16)6(4)14)17-3-11(1-2-11)10(18)19/h17H,1-3H2,(H,18,19). The minimum atomic E-state index is -2.25. The molecule has 8 heteroatoms. The fourth-order valence-corrected chi connectivity index (χ4v) is 1.63. The van der Waals surface area contributed by atoms with E-state index >= 15 is 0 Å². The minimum Gasteiger partial charge on any atom is -0.481 e. The summed E-state index contributed by atoms with van der Waals surface area (Å²) in [6.45, 7) is -0.402. The lowest BCUT2D eigenvalue weighted by Crippen LogP contribution is -2.25. The van der Waals surface area contributed by atoms with Crippen LogP contribution in [-0.2, 0) is 4.79 Å². The molecule has 1 aromatic rings. The van der Waals surface area contributed by atoms with Crippen molar-refractivity contribution in [2.45, 2.75) is 12.8 Å². The van der Waals surface area contributed by atoms with Crippen molar-refractivity contribution in [1.82, 2.24) is 0 Å². The van der Waals surface area contributed by atoms with Crippen molar-refractivity contribution < 1.29 is 31.9 Å². The van der Waals surface area contributed by atoms with Crippen LogP contribution in [-0.4, -0.2) is 17.6 Å². The first-order valence-corrected chi connectivity index (χ1v) is 5.29. The molecule has 0 radical (unpaired) electrons. The molecule has 19 heavy (non-hydrogen) atoms. The van der Waals surface area contributed by atoms with E-state index in [-0.39, 0.29) is 12.8 Å². The number of hydrogen-bond donors (Lipinski definition) is 2. The molecule has 2 N–H and O–H groups in total. The Hall–Kier alpha value is -1.86. The third-order valence-corrected chi connectivity index (χ3v) is 3.12. The highest BCUT2D eigenvalue weighted by atomic mass is 19.2. The van der Waals surface area contributed by atoms with Gasteiger partial charge in [0.05, 0.1) is 5.41 Å². The maximum absolute atomic E-state index is 13.3. The summed E-state index contributed by atoms with van der Waals surface area (Å²) < 4.78 is 65.1. The maximum atomic E-state index is 13.3. The Morgan fingerprint density at radius 3 is 1.79 bits per heavy atom. The van der Waals surface area contributed by atoms with Crippen molar-refractivity contribution in [1.29, 1.82) is 0 Å². The number of carboxylic acid groups (broad SMARTS) is 1. The average Bonchev–Trinajstić information content (AvgIpc) is 3.15. The van der Waals surface area contributed by atoms with Gasteiger partial charge in [0.15, 0.2) is 23.3 Å². The van der Waals surface area contributed by atoms with E-state index in [0.29, 0.717) is 0 Å². The molecule has 0 unspecified atom stereocenters. The second-order valence-electron chi connectivity index (χ2n) is 4.38. The number of anilines is 1. The number of carbonyl (C=O) groups is 1. The lowest BCUT2D eigenvalue weighted by molar-refractivity contribution is -0.142. The first-order chi connectivity index (χ1) is 8.80. The number of aliphatic carboxylic acids is 1. The van der Waals surface area contributed by atoms with E-state index in [0.717, 1.165) is 0 Å². The van der Waals surface area contributed by atoms with Crippen LogP contribution >= 0.6 is 0 Å². The van der Waals surface area contributed by atoms with Crippen molar-refractivity contribution >= 4 is 11.7 Å². The Morgan fingerprint density at radius 2 is 1.42 bits per heavy atom. The third kappa shape index (κ3) is 2.11. The number of hydrogen-bond acceptors (Lipinski definition) is 2. The molecule has 104 valence electrons. The van der Waals surface area contributed by atoms with Gasteiger partial charge in [0, 0.05) is 6.54 Å². The lowest BCUT2D eigenvalue weighted by atomic mass is 10.1. The smallest absolute Gasteiger partial charge is 0.311 e. The Morgan fingerprint density at radius 1 is 1.00 bits per heavy atom. The van der Waals surface area contributed by atoms with Crippen LogP contribution in [0.15, 0.2) is 0 Å². The highest BCUT2D eigenvalue weighted by molar-refractivity contribution is 5.78. The SMILES string of the molecule is O=C(O)C1(CNc2c(F)c(F)c(F)c(F)c2F)CC1. The monoisotopic (exact) mass is 281 g/mol. The van der Waals surface area contributed by atoms with Crippen molar-refractivity contribution in [3.8, 4) is 0 Å². The fraction of sp³-hybridized carbons (Fsp3) is 0.364. The van der Waals surface area contributed by atoms with Crippen LogP contribution in [0.1, 0.15) is 12.8 Å². The number of rotatable bonds is 4. The molecule has 2 rings (SSSR count). The third-order valence-electron chi connectivity index (χ3n) is 3.12. The predicted molar refractivity (Wildman–Crippen MR) is 54.0 cm³/mol. The van der Waals surface area contributed by atoms with E-state index in [4.69, 9.17) is 5.11 Å². The van der Waals surface area contributed by atoms with E-state index in [1.165, 1.54) is 0 Å². The quantitative estimate of drug-likeness (QED) is 0.507. The summed E-state index contributed by atoms with van der Waals surface area (Å²) in [7, 11) is 0. The number of halogens is 5. The molecule has 0 atom stereocenters. The molecule has 0 spiro atoms. The van der Waals surface area contributed by atoms with Gasteiger partial charge in [-0.2, -0.15) is 0 Å². The molecule has 0 amide bonds. The summed E-state index contributed by atoms with van der Waals surface area (Å²) in [5.74, 6) is -11.6. The zero-order chi connectivity index (χ0) is 14.4. The number of carboxylic acids is 1. The highest BCUT2D eigenvalue weighted by Gasteiger charge is 2.50. The van der Waals surface area contributed by atoms with Crippen LogP contribution in [0.25, 0.3) is 0 Å². The predicted octanol–water partition coefficient (Wildman–Crippen LogP) is 2.66. The van der Waals surface area contributed by atoms with Crippen molar-refractivity contribution in [2.75, 3.05) is 11.9 Å². The summed E-state index contributed by atoms with van der Waals surface area (Å²) in [4.78, 5) is 10.8. The largest absolute Gasteiger partial charge is 0.481 e. The van der Waals surface area contributed by atoms with Crippen molar-refractivity contribution in [2.24, 2.45) is 5.41 Å². The topological polar surface area (TPSA) is 49.3 Å². The Balaban J connectivity index is 2.29. The minimum absolute atomic E-state index is 0.282. The van der Waals surface area contributed by atoms with Gasteiger partial charge in [0.1, 0.15) is 5.69 Å². The summed E-state index contributed by atoms with van der Waals surface area (Å²) in [6.07, 6.45) is 0.565. The first kappa shape index (κ1) is 13.6. The second kappa shape index (κ2) is 4.36. The van der Waals surface area contributed by atoms with Gasteiger partial charge in [0.2, 0.25) is 5.82 Å². The van der Waals surface area contributed by atoms with Crippen LogP contribution in [0.5, 0.6) is 0 Å². The van der Waals surface area contributed by atoms with Gasteiger partial charge in [-0.05, 0) is 12.8 Å². The molecular formula is C11H8F5NO2. The van der Waals surface area contributed by atoms with Gasteiger partial charge >= 0.3 is 5.97 Å². The van der Waals surface area contributed by atoms with Crippen LogP contribution in [0.2, 0.25) is 0 Å². The van der Waals surface area contributed by atoms with Gasteiger partial charge in [-0.1, -0.05) is 0 Å². The van der Waals surface area contributed by atoms with Crippen LogP contribution in [0.3, 0.4) is 0 Å². The first-order valence-electron chi connectivity index (χ1n) is 5.29. The zero-order valence-corrected chi connectivity index (χ0v) is 9.37. The Bertz CT molecular complexity index is 528. The van der Waals surface area contributed by atoms with Gasteiger partial charge in [-0.15, -0.1) is 0 Å². The molecule has 0 aromatic heterocycles. The van der Waals surface area contributed by atoms with Gasteiger partial charge in [0.25, 0.3) is 0 Å². The Kier molecular flexibility index (Phi) is 3.11. The summed E-state index contributed by atoms with van der Waals surface area (Å²) in [5, 5.41) is 10.8. The van der Waals surface area contributed by atoms with E-state index in [1.54, 1.807) is 0 Å². The molecule has 0 saturated heterocycles. The molecular weight excluding hydrogens is 273 g/mol. The van der Waals surface area contributed by atoms with Gasteiger partial charge in [-0.3, -0.25) is 4.79 Å². The van der Waals surface area contributed by atoms with Gasteiger partial charge < -0.3 is 10.4 Å². The van der Waals surface area contributed by atoms with Gasteiger partial charge in [-0.25, -0.2) is 22.0 Å². The molecule has 1 saturated carbocycles. The number of benzene rings is 1. The number of nitrogens with one attached hydrogen (secondary N) is 1. The summed E-state index contributed by atoms with van der Waals surface area (Å²) in [6, 6.07) is 0. The molecule has 0 aliphatic heterocycles. The molecule has 1 fully saturated rings. The normalized spacial score (nSPS) is 16.3. The van der Waals surface area contributed by atoms with Crippen LogP contribution in [0.4, 0.5) is 27.6 Å². The molecule has 0 heterocycles. The average molecular weight is 281 g/mol. The Labute approximate surface area is 104 Å². The van der Waals surface area contributed by atoms with Crippen LogP contribution < -0.4 is 5.32 Å². The molecule has 1 aliphatic rings. The summed E-state index contributed by atoms with van der Waals surface area (Å²) in [5.41, 5.74) is -2.40. The second-order valence-corrected chi connectivity index (χ2v) is 4.38. The molecule has 1 aromatic carbocycles. The van der Waals surface area contributed by atoms with Crippen molar-refractivity contribution in [3.63, 3.8) is 0 Å². The van der Waals surface area contributed by atoms with E-state index in [9.17, 15) is 26.7 Å². The van der Waals surface area contributed by atoms with Crippen LogP contribution in [0, 0.1) is 34.5 Å². The van der Waals surface area contributed by atoms with E-state index in [1.807, 2.05) is 5.32 Å². The highest BCUT2D eigenvalue weighted by Crippen LogP contribution is 2.46. The van der Waals surface area contributed by atoms with E-state index < -0.39 is 52.7 Å². The molecule has 1 aliphatic carbocycles.